The molecule has 1 N–H and O–H groups in total. The molecule has 19 heavy (non-hydrogen) atoms. The average molecular weight is 320 g/mol. The van der Waals surface area contributed by atoms with Gasteiger partial charge in [-0.05, 0) is 18.2 Å². The van der Waals surface area contributed by atoms with Crippen LogP contribution in [-0.2, 0) is 9.59 Å². The molecule has 2 amide bonds. The van der Waals surface area contributed by atoms with Crippen molar-refractivity contribution in [1.82, 2.24) is 5.32 Å². The van der Waals surface area contributed by atoms with Crippen molar-refractivity contribution in [3.8, 4) is 5.75 Å². The second-order valence-electron chi connectivity index (χ2n) is 3.64. The van der Waals surface area contributed by atoms with E-state index >= 15 is 0 Å². The van der Waals surface area contributed by atoms with Crippen LogP contribution in [0.3, 0.4) is 0 Å². The van der Waals surface area contributed by atoms with Gasteiger partial charge in [0.1, 0.15) is 11.0 Å². The third kappa shape index (κ3) is 3.62. The van der Waals surface area contributed by atoms with Crippen molar-refractivity contribution in [2.75, 3.05) is 0 Å². The van der Waals surface area contributed by atoms with Gasteiger partial charge in [0.15, 0.2) is 0 Å². The van der Waals surface area contributed by atoms with E-state index in [1.54, 1.807) is 0 Å². The maximum atomic E-state index is 11.6. The maximum absolute atomic E-state index is 11.6. The van der Waals surface area contributed by atoms with Crippen LogP contribution < -0.4 is 10.1 Å². The molecule has 1 fully saturated rings. The summed E-state index contributed by atoms with van der Waals surface area (Å²) in [5.74, 6) is -0.980. The Morgan fingerprint density at radius 1 is 1.37 bits per heavy atom. The number of carbonyl (C=O) groups excluding carboxylic acids is 3. The van der Waals surface area contributed by atoms with Crippen molar-refractivity contribution in [3.63, 3.8) is 0 Å². The molecule has 1 heterocycles. The van der Waals surface area contributed by atoms with Gasteiger partial charge < -0.3 is 4.74 Å². The fraction of sp³-hybridized carbons (Fsp3) is 0.182. The quantitative estimate of drug-likeness (QED) is 0.685. The van der Waals surface area contributed by atoms with E-state index < -0.39 is 22.4 Å². The molecule has 8 heteroatoms. The van der Waals surface area contributed by atoms with Gasteiger partial charge in [0, 0.05) is 5.02 Å². The molecule has 0 aliphatic carbocycles. The molecule has 1 aromatic rings. The van der Waals surface area contributed by atoms with Crippen molar-refractivity contribution in [1.29, 1.82) is 0 Å². The Hall–Kier alpha value is -1.24. The summed E-state index contributed by atoms with van der Waals surface area (Å²) in [6.45, 7) is 0. The van der Waals surface area contributed by atoms with Crippen molar-refractivity contribution in [2.24, 2.45) is 0 Å². The van der Waals surface area contributed by atoms with Crippen molar-refractivity contribution in [2.45, 2.75) is 11.7 Å². The van der Waals surface area contributed by atoms with E-state index in [4.69, 9.17) is 27.9 Å². The Morgan fingerprint density at radius 3 is 2.68 bits per heavy atom. The average Bonchev–Trinajstić information content (AvgIpc) is 2.61. The van der Waals surface area contributed by atoms with Crippen LogP contribution in [0.1, 0.15) is 6.42 Å². The first-order valence-electron chi connectivity index (χ1n) is 5.13. The minimum atomic E-state index is -0.758. The van der Waals surface area contributed by atoms with Crippen molar-refractivity contribution >= 4 is 52.1 Å². The van der Waals surface area contributed by atoms with E-state index in [1.807, 2.05) is 0 Å². The molecule has 2 rings (SSSR count). The normalized spacial score (nSPS) is 18.3. The summed E-state index contributed by atoms with van der Waals surface area (Å²) < 4.78 is 5.01. The summed E-state index contributed by atoms with van der Waals surface area (Å²) in [5.41, 5.74) is 0. The standard InChI is InChI=1S/C11H7Cl2NO4S/c12-5-1-2-7(6(13)3-5)18-9(15)4-8-10(16)14-11(17)19-8/h1-3,8H,4H2,(H,14,16,17). The predicted molar refractivity (Wildman–Crippen MR) is 71.6 cm³/mol. The number of halogens is 2. The molecule has 0 aromatic heterocycles. The number of hydrogen-bond donors (Lipinski definition) is 1. The van der Waals surface area contributed by atoms with Gasteiger partial charge >= 0.3 is 5.97 Å². The third-order valence-corrected chi connectivity index (χ3v) is 3.75. The monoisotopic (exact) mass is 319 g/mol. The van der Waals surface area contributed by atoms with E-state index in [0.717, 1.165) is 11.8 Å². The SMILES string of the molecule is O=C(CC1SC(=O)NC1=O)Oc1ccc(Cl)cc1Cl. The smallest absolute Gasteiger partial charge is 0.312 e. The highest BCUT2D eigenvalue weighted by atomic mass is 35.5. The molecule has 0 saturated carbocycles. The summed E-state index contributed by atoms with van der Waals surface area (Å²) in [7, 11) is 0. The molecule has 0 radical (unpaired) electrons. The van der Waals surface area contributed by atoms with Gasteiger partial charge in [-0.3, -0.25) is 19.7 Å². The van der Waals surface area contributed by atoms with Crippen molar-refractivity contribution < 1.29 is 19.1 Å². The number of thioether (sulfide) groups is 1. The van der Waals surface area contributed by atoms with Crippen LogP contribution in [0, 0.1) is 0 Å². The molecular formula is C11H7Cl2NO4S. The molecule has 0 bridgehead atoms. The summed E-state index contributed by atoms with van der Waals surface area (Å²) in [5, 5.41) is 1.48. The Labute approximate surface area is 122 Å². The van der Waals surface area contributed by atoms with Crippen LogP contribution in [-0.4, -0.2) is 22.4 Å². The van der Waals surface area contributed by atoms with Crippen molar-refractivity contribution in [3.05, 3.63) is 28.2 Å². The number of nitrogens with one attached hydrogen (secondary N) is 1. The van der Waals surface area contributed by atoms with Gasteiger partial charge in [0.25, 0.3) is 5.24 Å². The lowest BCUT2D eigenvalue weighted by molar-refractivity contribution is -0.135. The van der Waals surface area contributed by atoms with E-state index in [-0.39, 0.29) is 17.2 Å². The summed E-state index contributed by atoms with van der Waals surface area (Å²) >= 11 is 12.3. The zero-order chi connectivity index (χ0) is 14.0. The van der Waals surface area contributed by atoms with Crippen LogP contribution in [0.4, 0.5) is 4.79 Å². The van der Waals surface area contributed by atoms with Gasteiger partial charge in [-0.25, -0.2) is 0 Å². The Balaban J connectivity index is 1.98. The van der Waals surface area contributed by atoms with Gasteiger partial charge in [-0.2, -0.15) is 0 Å². The first-order chi connectivity index (χ1) is 8.95. The van der Waals surface area contributed by atoms with E-state index in [2.05, 4.69) is 5.32 Å². The highest BCUT2D eigenvalue weighted by Gasteiger charge is 2.33. The molecule has 0 spiro atoms. The Morgan fingerprint density at radius 2 is 2.11 bits per heavy atom. The van der Waals surface area contributed by atoms with E-state index in [9.17, 15) is 14.4 Å². The van der Waals surface area contributed by atoms with Crippen LogP contribution in [0.5, 0.6) is 5.75 Å². The topological polar surface area (TPSA) is 72.5 Å². The van der Waals surface area contributed by atoms with Crippen LogP contribution in [0.15, 0.2) is 18.2 Å². The van der Waals surface area contributed by atoms with E-state index in [1.165, 1.54) is 18.2 Å². The fourth-order valence-corrected chi connectivity index (χ4v) is 2.65. The highest BCUT2D eigenvalue weighted by Crippen LogP contribution is 2.29. The Bertz CT molecular complexity index is 564. The lowest BCUT2D eigenvalue weighted by Gasteiger charge is -2.07. The molecule has 1 saturated heterocycles. The number of esters is 1. The zero-order valence-corrected chi connectivity index (χ0v) is 11.6. The van der Waals surface area contributed by atoms with Gasteiger partial charge in [-0.1, -0.05) is 35.0 Å². The second kappa shape index (κ2) is 5.81. The number of imide groups is 1. The fourth-order valence-electron chi connectivity index (χ4n) is 1.40. The van der Waals surface area contributed by atoms with Crippen LogP contribution in [0.2, 0.25) is 10.0 Å². The number of ether oxygens (including phenoxy) is 1. The number of hydrogen-bond acceptors (Lipinski definition) is 5. The maximum Gasteiger partial charge on any atom is 0.312 e. The van der Waals surface area contributed by atoms with Gasteiger partial charge in [-0.15, -0.1) is 0 Å². The Kier molecular flexibility index (Phi) is 4.34. The van der Waals surface area contributed by atoms with Crippen LogP contribution >= 0.6 is 35.0 Å². The zero-order valence-electron chi connectivity index (χ0n) is 9.31. The summed E-state index contributed by atoms with van der Waals surface area (Å²) in [6, 6.07) is 4.42. The largest absolute Gasteiger partial charge is 0.425 e. The van der Waals surface area contributed by atoms with Gasteiger partial charge in [0.2, 0.25) is 5.91 Å². The van der Waals surface area contributed by atoms with Crippen LogP contribution in [0.25, 0.3) is 0 Å². The number of benzene rings is 1. The minimum Gasteiger partial charge on any atom is -0.425 e. The highest BCUT2D eigenvalue weighted by molar-refractivity contribution is 8.15. The predicted octanol–water partition coefficient (Wildman–Crippen LogP) is 2.64. The second-order valence-corrected chi connectivity index (χ2v) is 5.66. The minimum absolute atomic E-state index is 0.158. The first kappa shape index (κ1) is 14.2. The molecule has 1 unspecified atom stereocenters. The molecule has 1 aromatic carbocycles. The first-order valence-corrected chi connectivity index (χ1v) is 6.76. The number of amides is 2. The molecule has 100 valence electrons. The number of rotatable bonds is 3. The summed E-state index contributed by atoms with van der Waals surface area (Å²) in [4.78, 5) is 33.9. The lowest BCUT2D eigenvalue weighted by Crippen LogP contribution is -2.27. The lowest BCUT2D eigenvalue weighted by atomic mass is 10.3. The summed E-state index contributed by atoms with van der Waals surface area (Å²) in [6.07, 6.45) is -0.207. The molecular weight excluding hydrogens is 313 g/mol. The van der Waals surface area contributed by atoms with E-state index in [0.29, 0.717) is 5.02 Å². The molecule has 5 nitrogen and oxygen atoms in total. The molecule has 1 atom stereocenters. The molecule has 1 aliphatic heterocycles. The molecule has 1 aliphatic rings. The third-order valence-electron chi connectivity index (χ3n) is 2.24. The van der Waals surface area contributed by atoms with Gasteiger partial charge in [0.05, 0.1) is 11.4 Å². The number of carbonyl (C=O) groups is 3.